The summed E-state index contributed by atoms with van der Waals surface area (Å²) in [5.74, 6) is 0.512. The fourth-order valence-electron chi connectivity index (χ4n) is 0.970. The number of nitrogens with zero attached hydrogens (tertiary/aromatic N) is 3. The van der Waals surface area contributed by atoms with Crippen molar-refractivity contribution in [3.63, 3.8) is 0 Å². The van der Waals surface area contributed by atoms with Gasteiger partial charge in [-0.25, -0.2) is 9.48 Å². The number of hydrogen-bond donors (Lipinski definition) is 0. The maximum atomic E-state index is 11.3. The zero-order valence-electron chi connectivity index (χ0n) is 7.82. The van der Waals surface area contributed by atoms with E-state index in [0.29, 0.717) is 5.92 Å². The molecule has 0 fully saturated rings. The van der Waals surface area contributed by atoms with E-state index >= 15 is 0 Å². The first kappa shape index (κ1) is 9.03. The van der Waals surface area contributed by atoms with E-state index in [0.717, 1.165) is 13.0 Å². The molecule has 0 saturated carbocycles. The third-order valence-electron chi connectivity index (χ3n) is 2.07. The summed E-state index contributed by atoms with van der Waals surface area (Å²) in [6.45, 7) is 4.94. The molecule has 0 aliphatic carbocycles. The Bertz CT molecular complexity index is 299. The molecule has 0 bridgehead atoms. The second-order valence-electron chi connectivity index (χ2n) is 3.22. The molecule has 0 N–H and O–H groups in total. The number of rotatable bonds is 3. The van der Waals surface area contributed by atoms with Gasteiger partial charge in [0, 0.05) is 13.6 Å². The van der Waals surface area contributed by atoms with Crippen LogP contribution in [0.1, 0.15) is 20.3 Å². The summed E-state index contributed by atoms with van der Waals surface area (Å²) in [7, 11) is 1.71. The van der Waals surface area contributed by atoms with Crippen LogP contribution in [-0.4, -0.2) is 14.3 Å². The lowest BCUT2D eigenvalue weighted by Gasteiger charge is -2.05. The predicted molar refractivity (Wildman–Crippen MR) is 46.9 cm³/mol. The lowest BCUT2D eigenvalue weighted by atomic mass is 10.1. The molecule has 0 amide bonds. The van der Waals surface area contributed by atoms with Crippen LogP contribution in [0.15, 0.2) is 11.1 Å². The van der Waals surface area contributed by atoms with Crippen LogP contribution in [0.4, 0.5) is 0 Å². The topological polar surface area (TPSA) is 39.8 Å². The van der Waals surface area contributed by atoms with E-state index in [2.05, 4.69) is 18.9 Å². The van der Waals surface area contributed by atoms with Crippen molar-refractivity contribution in [3.8, 4) is 0 Å². The van der Waals surface area contributed by atoms with Crippen molar-refractivity contribution in [1.82, 2.24) is 14.3 Å². The zero-order chi connectivity index (χ0) is 9.14. The highest BCUT2D eigenvalue weighted by molar-refractivity contribution is 4.66. The summed E-state index contributed by atoms with van der Waals surface area (Å²) in [6.07, 6.45) is 2.62. The monoisotopic (exact) mass is 169 g/mol. The second-order valence-corrected chi connectivity index (χ2v) is 3.22. The van der Waals surface area contributed by atoms with Crippen molar-refractivity contribution in [2.24, 2.45) is 13.0 Å². The maximum absolute atomic E-state index is 11.3. The minimum Gasteiger partial charge on any atom is -0.285 e. The van der Waals surface area contributed by atoms with Gasteiger partial charge in [-0.05, 0) is 5.92 Å². The van der Waals surface area contributed by atoms with Gasteiger partial charge in [-0.2, -0.15) is 5.10 Å². The van der Waals surface area contributed by atoms with Crippen molar-refractivity contribution < 1.29 is 0 Å². The minimum atomic E-state index is -0.0321. The molecule has 0 radical (unpaired) electrons. The minimum absolute atomic E-state index is 0.0321. The van der Waals surface area contributed by atoms with Crippen LogP contribution in [0.25, 0.3) is 0 Å². The summed E-state index contributed by atoms with van der Waals surface area (Å²) in [5.41, 5.74) is -0.0321. The summed E-state index contributed by atoms with van der Waals surface area (Å²) in [4.78, 5) is 11.3. The van der Waals surface area contributed by atoms with Gasteiger partial charge in [0.2, 0.25) is 0 Å². The van der Waals surface area contributed by atoms with Gasteiger partial charge < -0.3 is 0 Å². The lowest BCUT2D eigenvalue weighted by molar-refractivity contribution is 0.427. The quantitative estimate of drug-likeness (QED) is 0.665. The molecule has 1 aromatic heterocycles. The average molecular weight is 169 g/mol. The van der Waals surface area contributed by atoms with E-state index in [-0.39, 0.29) is 5.69 Å². The molecular formula is C8H15N3O. The smallest absolute Gasteiger partial charge is 0.285 e. The summed E-state index contributed by atoms with van der Waals surface area (Å²) >= 11 is 0. The standard InChI is InChI=1S/C8H15N3O/c1-4-7(2)5-11-8(12)10(3)6-9-11/h6-7H,4-5H2,1-3H3. The molecule has 12 heavy (non-hydrogen) atoms. The van der Waals surface area contributed by atoms with Crippen molar-refractivity contribution in [2.45, 2.75) is 26.8 Å². The van der Waals surface area contributed by atoms with Gasteiger partial charge >= 0.3 is 5.69 Å². The van der Waals surface area contributed by atoms with Crippen LogP contribution in [0.2, 0.25) is 0 Å². The molecule has 0 saturated heterocycles. The molecule has 1 unspecified atom stereocenters. The van der Waals surface area contributed by atoms with Gasteiger partial charge in [0.1, 0.15) is 6.33 Å². The fourth-order valence-corrected chi connectivity index (χ4v) is 0.970. The van der Waals surface area contributed by atoms with Gasteiger partial charge in [-0.15, -0.1) is 0 Å². The van der Waals surface area contributed by atoms with E-state index in [1.165, 1.54) is 9.25 Å². The summed E-state index contributed by atoms with van der Waals surface area (Å²) < 4.78 is 3.00. The summed E-state index contributed by atoms with van der Waals surface area (Å²) in [6, 6.07) is 0. The van der Waals surface area contributed by atoms with E-state index in [1.807, 2.05) is 0 Å². The predicted octanol–water partition coefficient (Wildman–Crippen LogP) is 0.628. The van der Waals surface area contributed by atoms with E-state index in [9.17, 15) is 4.79 Å². The molecule has 0 aromatic carbocycles. The van der Waals surface area contributed by atoms with Crippen LogP contribution < -0.4 is 5.69 Å². The van der Waals surface area contributed by atoms with Crippen LogP contribution in [0.3, 0.4) is 0 Å². The van der Waals surface area contributed by atoms with E-state index < -0.39 is 0 Å². The van der Waals surface area contributed by atoms with Gasteiger partial charge in [0.25, 0.3) is 0 Å². The first-order valence-electron chi connectivity index (χ1n) is 4.23. The Morgan fingerprint density at radius 3 is 2.75 bits per heavy atom. The Balaban J connectivity index is 2.76. The molecule has 1 aromatic rings. The fraction of sp³-hybridized carbons (Fsp3) is 0.750. The number of hydrogen-bond acceptors (Lipinski definition) is 2. The van der Waals surface area contributed by atoms with Gasteiger partial charge in [0.15, 0.2) is 0 Å². The highest BCUT2D eigenvalue weighted by Gasteiger charge is 2.04. The Morgan fingerprint density at radius 2 is 2.33 bits per heavy atom. The van der Waals surface area contributed by atoms with Gasteiger partial charge in [0.05, 0.1) is 0 Å². The van der Waals surface area contributed by atoms with Gasteiger partial charge in [-0.1, -0.05) is 20.3 Å². The first-order chi connectivity index (χ1) is 5.65. The molecule has 68 valence electrons. The lowest BCUT2D eigenvalue weighted by Crippen LogP contribution is -2.25. The molecule has 4 heteroatoms. The first-order valence-corrected chi connectivity index (χ1v) is 4.23. The Labute approximate surface area is 71.8 Å². The average Bonchev–Trinajstić information content (AvgIpc) is 2.36. The van der Waals surface area contributed by atoms with Crippen LogP contribution in [0.5, 0.6) is 0 Å². The summed E-state index contributed by atoms with van der Waals surface area (Å²) in [5, 5.41) is 3.97. The molecule has 0 spiro atoms. The molecular weight excluding hydrogens is 154 g/mol. The largest absolute Gasteiger partial charge is 0.345 e. The van der Waals surface area contributed by atoms with E-state index in [1.54, 1.807) is 13.4 Å². The SMILES string of the molecule is CCC(C)Cn1ncn(C)c1=O. The zero-order valence-corrected chi connectivity index (χ0v) is 7.82. The highest BCUT2D eigenvalue weighted by Crippen LogP contribution is 2.01. The van der Waals surface area contributed by atoms with Crippen molar-refractivity contribution in [1.29, 1.82) is 0 Å². The van der Waals surface area contributed by atoms with Gasteiger partial charge in [-0.3, -0.25) is 4.57 Å². The maximum Gasteiger partial charge on any atom is 0.345 e. The molecule has 1 atom stereocenters. The van der Waals surface area contributed by atoms with Crippen molar-refractivity contribution in [3.05, 3.63) is 16.8 Å². The third-order valence-corrected chi connectivity index (χ3v) is 2.07. The Hall–Kier alpha value is -1.06. The van der Waals surface area contributed by atoms with Crippen LogP contribution in [-0.2, 0) is 13.6 Å². The molecule has 0 aliphatic rings. The normalized spacial score (nSPS) is 13.2. The van der Waals surface area contributed by atoms with Crippen LogP contribution in [0, 0.1) is 5.92 Å². The second kappa shape index (κ2) is 3.56. The van der Waals surface area contributed by atoms with Crippen LogP contribution >= 0.6 is 0 Å². The highest BCUT2D eigenvalue weighted by atomic mass is 16.2. The molecule has 4 nitrogen and oxygen atoms in total. The molecule has 0 aliphatic heterocycles. The Kier molecular flexibility index (Phi) is 2.68. The number of aromatic nitrogens is 3. The Morgan fingerprint density at radius 1 is 1.67 bits per heavy atom. The third kappa shape index (κ3) is 1.75. The van der Waals surface area contributed by atoms with E-state index in [4.69, 9.17) is 0 Å². The van der Waals surface area contributed by atoms with Crippen molar-refractivity contribution in [2.75, 3.05) is 0 Å². The number of aryl methyl sites for hydroxylation is 1. The molecule has 1 rings (SSSR count). The molecule has 1 heterocycles. The van der Waals surface area contributed by atoms with Crippen molar-refractivity contribution >= 4 is 0 Å².